The van der Waals surface area contributed by atoms with Gasteiger partial charge in [-0.2, -0.15) is 0 Å². The lowest BCUT2D eigenvalue weighted by Crippen LogP contribution is -2.70. The predicted octanol–water partition coefficient (Wildman–Crippen LogP) is 2.58. The lowest BCUT2D eigenvalue weighted by atomic mass is 9.96. The molecular formula is C48H54N6O12S3. The second-order valence-corrected chi connectivity index (χ2v) is 24.2. The van der Waals surface area contributed by atoms with Crippen LogP contribution in [0.1, 0.15) is 58.2 Å². The van der Waals surface area contributed by atoms with Crippen molar-refractivity contribution in [3.8, 4) is 0 Å². The van der Waals surface area contributed by atoms with E-state index in [1.54, 1.807) is 0 Å². The summed E-state index contributed by atoms with van der Waals surface area (Å²) in [7, 11) is 0. The Hall–Kier alpha value is -6.06. The summed E-state index contributed by atoms with van der Waals surface area (Å²) in [6.45, 7) is 10.9. The summed E-state index contributed by atoms with van der Waals surface area (Å²) in [5.41, 5.74) is 2.62. The van der Waals surface area contributed by atoms with Crippen molar-refractivity contribution in [1.29, 1.82) is 0 Å². The third-order valence-corrected chi connectivity index (χ3v) is 17.3. The molecule has 0 aliphatic carbocycles. The van der Waals surface area contributed by atoms with Crippen molar-refractivity contribution < 1.29 is 58.5 Å². The van der Waals surface area contributed by atoms with Crippen molar-refractivity contribution in [1.82, 2.24) is 30.7 Å². The Labute approximate surface area is 411 Å². The molecule has 6 aliphatic heterocycles. The largest absolute Gasteiger partial charge is 0.480 e. The van der Waals surface area contributed by atoms with Crippen LogP contribution in [0, 0.1) is 0 Å². The Morgan fingerprint density at radius 1 is 0.435 bits per heavy atom. The molecule has 0 saturated carbocycles. The summed E-state index contributed by atoms with van der Waals surface area (Å²) >= 11 is 4.27. The van der Waals surface area contributed by atoms with E-state index in [0.717, 1.165) is 16.7 Å². The van der Waals surface area contributed by atoms with Gasteiger partial charge in [-0.15, -0.1) is 35.3 Å². The van der Waals surface area contributed by atoms with Gasteiger partial charge in [0.2, 0.25) is 35.4 Å². The Kier molecular flexibility index (Phi) is 14.5. The number of carbonyl (C=O) groups is 9. The number of nitrogens with zero attached hydrogens (tertiary/aromatic N) is 3. The standard InChI is InChI=1S/3C16H18N2O4S/c3*1-16(2)12(15(21)22)18-13(20)11(14(18)23-16)17-10(19)8-9-6-4-3-5-7-9/h3*3-7,11-12,14H,8H2,1-2H3,(H,17,19)(H,21,22)/t3*11-,12+,14-/m111/s1. The number of fused-ring (bicyclic) bond motifs is 3. The topological polar surface area (TPSA) is 260 Å². The number of rotatable bonds is 12. The maximum atomic E-state index is 12.3. The lowest BCUT2D eigenvalue weighted by molar-refractivity contribution is -0.161. The first-order valence-corrected chi connectivity index (χ1v) is 24.8. The number of carbonyl (C=O) groups excluding carboxylic acids is 6. The number of carboxylic acid groups (broad SMARTS) is 3. The molecule has 6 saturated heterocycles. The van der Waals surface area contributed by atoms with Gasteiger partial charge in [-0.25, -0.2) is 14.4 Å². The van der Waals surface area contributed by atoms with Crippen LogP contribution in [0.5, 0.6) is 0 Å². The number of thioether (sulfide) groups is 3. The van der Waals surface area contributed by atoms with Gasteiger partial charge in [-0.05, 0) is 58.2 Å². The van der Waals surface area contributed by atoms with E-state index in [1.165, 1.54) is 50.0 Å². The fraction of sp³-hybridized carbons (Fsp3) is 0.438. The maximum Gasteiger partial charge on any atom is 0.327 e. The van der Waals surface area contributed by atoms with Crippen LogP contribution in [0.3, 0.4) is 0 Å². The number of amides is 6. The van der Waals surface area contributed by atoms with E-state index in [4.69, 9.17) is 0 Å². The molecule has 21 heteroatoms. The van der Waals surface area contributed by atoms with Crippen molar-refractivity contribution in [2.45, 2.75) is 127 Å². The molecule has 9 rings (SSSR count). The van der Waals surface area contributed by atoms with E-state index in [-0.39, 0.29) is 70.8 Å². The van der Waals surface area contributed by atoms with E-state index in [1.807, 2.05) is 133 Å². The summed E-state index contributed by atoms with van der Waals surface area (Å²) in [5.74, 6) is -4.66. The highest BCUT2D eigenvalue weighted by molar-refractivity contribution is 8.02. The monoisotopic (exact) mass is 1000 g/mol. The predicted molar refractivity (Wildman–Crippen MR) is 257 cm³/mol. The molecular weight excluding hydrogens is 949 g/mol. The van der Waals surface area contributed by atoms with Gasteiger partial charge in [0.25, 0.3) is 0 Å². The zero-order valence-corrected chi connectivity index (χ0v) is 41.0. The molecule has 0 unspecified atom stereocenters. The molecule has 6 N–H and O–H groups in total. The molecule has 9 atom stereocenters. The summed E-state index contributed by atoms with van der Waals surface area (Å²) < 4.78 is -1.73. The fourth-order valence-corrected chi connectivity index (χ4v) is 14.3. The third-order valence-electron chi connectivity index (χ3n) is 12.6. The summed E-state index contributed by atoms with van der Waals surface area (Å²) in [6, 6.07) is 23.4. The highest BCUT2D eigenvalue weighted by Gasteiger charge is 2.66. The molecule has 3 aromatic rings. The minimum absolute atomic E-state index is 0.202. The van der Waals surface area contributed by atoms with E-state index >= 15 is 0 Å². The van der Waals surface area contributed by atoms with Crippen LogP contribution in [-0.4, -0.2) is 150 Å². The molecule has 3 aromatic carbocycles. The molecule has 6 fully saturated rings. The molecule has 18 nitrogen and oxygen atoms in total. The van der Waals surface area contributed by atoms with Gasteiger partial charge in [0.1, 0.15) is 52.4 Å². The first-order valence-electron chi connectivity index (χ1n) is 22.1. The number of benzene rings is 3. The minimum atomic E-state index is -1.01. The van der Waals surface area contributed by atoms with Crippen LogP contribution >= 0.6 is 35.3 Å². The van der Waals surface area contributed by atoms with Crippen molar-refractivity contribution in [2.75, 3.05) is 0 Å². The summed E-state index contributed by atoms with van der Waals surface area (Å²) in [4.78, 5) is 112. The molecule has 69 heavy (non-hydrogen) atoms. The van der Waals surface area contributed by atoms with Gasteiger partial charge in [0.15, 0.2) is 0 Å². The van der Waals surface area contributed by atoms with Gasteiger partial charge >= 0.3 is 17.9 Å². The Bertz CT molecular complexity index is 2260. The second-order valence-electron chi connectivity index (χ2n) is 18.9. The highest BCUT2D eigenvalue weighted by Crippen LogP contribution is 2.53. The zero-order chi connectivity index (χ0) is 50.3. The van der Waals surface area contributed by atoms with E-state index in [0.29, 0.717) is 0 Å². The van der Waals surface area contributed by atoms with Gasteiger partial charge in [-0.1, -0.05) is 91.0 Å². The first kappa shape index (κ1) is 50.8. The van der Waals surface area contributed by atoms with Gasteiger partial charge in [0.05, 0.1) is 19.3 Å². The van der Waals surface area contributed by atoms with Crippen LogP contribution in [-0.2, 0) is 62.4 Å². The average molecular weight is 1000 g/mol. The van der Waals surface area contributed by atoms with Crippen LogP contribution < -0.4 is 16.0 Å². The van der Waals surface area contributed by atoms with Crippen LogP contribution in [0.4, 0.5) is 0 Å². The Morgan fingerprint density at radius 3 is 0.855 bits per heavy atom. The molecule has 0 aromatic heterocycles. The minimum Gasteiger partial charge on any atom is -0.480 e. The number of hydrogen-bond acceptors (Lipinski definition) is 12. The molecule has 0 spiro atoms. The lowest BCUT2D eigenvalue weighted by Gasteiger charge is -2.43. The number of hydrogen-bond donors (Lipinski definition) is 6. The SMILES string of the molecule is CC1(C)S[C@@H]2[C@H](NC(=O)Cc3ccccc3)C(=O)N2[C@H]1C(=O)O.CC1(C)S[C@@H]2[C@H](NC(=O)Cc3ccccc3)C(=O)N2[C@H]1C(=O)O.CC1(C)S[C@@H]2[C@H](NC(=O)Cc3ccccc3)C(=O)N2[C@H]1C(=O)O. The van der Waals surface area contributed by atoms with Gasteiger partial charge < -0.3 is 46.0 Å². The Balaban J connectivity index is 0.000000153. The van der Waals surface area contributed by atoms with Crippen molar-refractivity contribution in [2.24, 2.45) is 0 Å². The van der Waals surface area contributed by atoms with Gasteiger partial charge in [-0.3, -0.25) is 28.8 Å². The molecule has 6 heterocycles. The molecule has 0 radical (unpaired) electrons. The summed E-state index contributed by atoms with van der Waals surface area (Å²) in [5, 5.41) is 35.4. The Morgan fingerprint density at radius 2 is 0.652 bits per heavy atom. The number of carboxylic acids is 3. The van der Waals surface area contributed by atoms with E-state index in [9.17, 15) is 58.5 Å². The average Bonchev–Trinajstić information content (AvgIpc) is 3.82. The summed E-state index contributed by atoms with van der Waals surface area (Å²) in [6.07, 6.45) is 0.606. The normalized spacial score (nSPS) is 28.0. The van der Waals surface area contributed by atoms with Crippen molar-refractivity contribution >= 4 is 88.6 Å². The third kappa shape index (κ3) is 10.3. The van der Waals surface area contributed by atoms with Gasteiger partial charge in [0, 0.05) is 14.2 Å². The second kappa shape index (κ2) is 19.7. The molecule has 6 aliphatic rings. The maximum absolute atomic E-state index is 12.3. The number of aliphatic carboxylic acids is 3. The fourth-order valence-electron chi connectivity index (χ4n) is 9.45. The van der Waals surface area contributed by atoms with Crippen LogP contribution in [0.15, 0.2) is 91.0 Å². The van der Waals surface area contributed by atoms with Crippen molar-refractivity contribution in [3.05, 3.63) is 108 Å². The van der Waals surface area contributed by atoms with Crippen LogP contribution in [0.2, 0.25) is 0 Å². The quantitative estimate of drug-likeness (QED) is 0.143. The zero-order valence-electron chi connectivity index (χ0n) is 38.6. The van der Waals surface area contributed by atoms with Crippen molar-refractivity contribution in [3.63, 3.8) is 0 Å². The molecule has 6 amide bonds. The van der Waals surface area contributed by atoms with Crippen LogP contribution in [0.25, 0.3) is 0 Å². The van der Waals surface area contributed by atoms with E-state index < -0.39 is 68.4 Å². The number of β-lactam (4-membered cyclic amide) rings is 3. The van der Waals surface area contributed by atoms with E-state index in [2.05, 4.69) is 16.0 Å². The molecule has 366 valence electrons. The smallest absolute Gasteiger partial charge is 0.327 e. The first-order chi connectivity index (χ1) is 32.4. The number of nitrogens with one attached hydrogen (secondary N) is 3. The highest BCUT2D eigenvalue weighted by atomic mass is 32.2. The molecule has 0 bridgehead atoms.